The van der Waals surface area contributed by atoms with E-state index in [-0.39, 0.29) is 0 Å². The molecule has 4 aromatic carbocycles. The van der Waals surface area contributed by atoms with Gasteiger partial charge in [-0.3, -0.25) is 0 Å². The second-order valence-corrected chi connectivity index (χ2v) is 12.3. The number of anilines is 1. The molecule has 1 unspecified atom stereocenters. The molecule has 2 heterocycles. The van der Waals surface area contributed by atoms with Crippen LogP contribution in [0.3, 0.4) is 0 Å². The number of benzene rings is 4. The van der Waals surface area contributed by atoms with E-state index in [4.69, 9.17) is 4.74 Å². The minimum absolute atomic E-state index is 0.343. The topological polar surface area (TPSA) is 21.3 Å². The molecule has 204 valence electrons. The Morgan fingerprint density at radius 3 is 2.31 bits per heavy atom. The van der Waals surface area contributed by atoms with Gasteiger partial charge in [-0.25, -0.2) is 0 Å². The summed E-state index contributed by atoms with van der Waals surface area (Å²) in [6.07, 6.45) is 18.4. The van der Waals surface area contributed by atoms with Crippen molar-refractivity contribution in [3.05, 3.63) is 154 Å². The lowest BCUT2D eigenvalue weighted by molar-refractivity contribution is 0.436. The van der Waals surface area contributed by atoms with Crippen LogP contribution in [-0.2, 0) is 11.8 Å². The fourth-order valence-corrected chi connectivity index (χ4v) is 8.24. The number of ether oxygens (including phenoxy) is 1. The lowest BCUT2D eigenvalue weighted by Gasteiger charge is -2.40. The molecule has 2 aliphatic heterocycles. The molecular formula is C40H33NO. The van der Waals surface area contributed by atoms with Gasteiger partial charge in [0.15, 0.2) is 0 Å². The second-order valence-electron chi connectivity index (χ2n) is 12.3. The molecular weight excluding hydrogens is 510 g/mol. The summed E-state index contributed by atoms with van der Waals surface area (Å²) in [6, 6.07) is 31.8. The highest BCUT2D eigenvalue weighted by atomic mass is 16.5. The third-order valence-electron chi connectivity index (χ3n) is 9.95. The zero-order valence-electron chi connectivity index (χ0n) is 23.7. The Kier molecular flexibility index (Phi) is 5.29. The van der Waals surface area contributed by atoms with Crippen molar-refractivity contribution in [1.82, 2.24) is 0 Å². The fourth-order valence-electron chi connectivity index (χ4n) is 8.24. The summed E-state index contributed by atoms with van der Waals surface area (Å²) in [4.78, 5) is 0. The number of nitrogens with one attached hydrogen (secondary N) is 1. The van der Waals surface area contributed by atoms with Gasteiger partial charge in [0.1, 0.15) is 11.5 Å². The molecule has 0 aromatic heterocycles. The first-order valence-electron chi connectivity index (χ1n) is 15.5. The van der Waals surface area contributed by atoms with Crippen LogP contribution in [0.25, 0.3) is 16.7 Å². The van der Waals surface area contributed by atoms with Crippen LogP contribution in [0.4, 0.5) is 5.69 Å². The molecule has 0 saturated carbocycles. The Labute approximate surface area is 247 Å². The first-order valence-corrected chi connectivity index (χ1v) is 15.5. The SMILES string of the molecule is C1=CCCC(CC2Cc3ccccc3-c3cc4c(cc3N2)C2(C3=CCCC=C34)c3ccccc3Oc3ccccc32)=C1. The highest BCUT2D eigenvalue weighted by Gasteiger charge is 2.53. The summed E-state index contributed by atoms with van der Waals surface area (Å²) in [5, 5.41) is 4.10. The Hall–Kier alpha value is -4.56. The standard InChI is InChI=1S/C40H33NO/c1-2-12-26(13-3-1)22-28-23-27-14-4-5-15-29(27)32-24-31-30-16-6-7-17-33(30)40(36(31)25-37(32)41-28)34-18-8-10-20-38(34)42-39-21-11-9-19-35(39)40/h1-2,4-5,8-12,14-21,24-25,28,41H,3,6-7,13,22-23H2. The fraction of sp³-hybridized carbons (Fsp3) is 0.200. The number of allylic oxidation sites excluding steroid dienone is 7. The van der Waals surface area contributed by atoms with Crippen LogP contribution in [-0.4, -0.2) is 6.04 Å². The zero-order valence-corrected chi connectivity index (χ0v) is 23.7. The Morgan fingerprint density at radius 2 is 1.50 bits per heavy atom. The van der Waals surface area contributed by atoms with Crippen LogP contribution in [0.1, 0.15) is 59.9 Å². The Morgan fingerprint density at radius 1 is 0.738 bits per heavy atom. The first kappa shape index (κ1) is 24.1. The van der Waals surface area contributed by atoms with Crippen molar-refractivity contribution in [1.29, 1.82) is 0 Å². The monoisotopic (exact) mass is 543 g/mol. The van der Waals surface area contributed by atoms with Crippen molar-refractivity contribution < 1.29 is 4.74 Å². The average molecular weight is 544 g/mol. The van der Waals surface area contributed by atoms with Crippen molar-refractivity contribution in [3.8, 4) is 22.6 Å². The molecule has 3 aliphatic carbocycles. The van der Waals surface area contributed by atoms with Gasteiger partial charge in [-0.15, -0.1) is 0 Å². The van der Waals surface area contributed by atoms with Crippen LogP contribution in [0, 0.1) is 0 Å². The summed E-state index contributed by atoms with van der Waals surface area (Å²) in [5.41, 5.74) is 14.5. The molecule has 0 saturated heterocycles. The van der Waals surface area contributed by atoms with E-state index in [9.17, 15) is 0 Å². The minimum atomic E-state index is -0.401. The van der Waals surface area contributed by atoms with Crippen LogP contribution in [0.2, 0.25) is 0 Å². The molecule has 2 heteroatoms. The lowest BCUT2D eigenvalue weighted by atomic mass is 9.65. The van der Waals surface area contributed by atoms with E-state index in [0.29, 0.717) is 6.04 Å². The maximum Gasteiger partial charge on any atom is 0.132 e. The van der Waals surface area contributed by atoms with E-state index in [2.05, 4.69) is 121 Å². The highest BCUT2D eigenvalue weighted by molar-refractivity contribution is 5.99. The van der Waals surface area contributed by atoms with E-state index >= 15 is 0 Å². The van der Waals surface area contributed by atoms with Crippen molar-refractivity contribution in [3.63, 3.8) is 0 Å². The number of para-hydroxylation sites is 2. The number of hydrogen-bond acceptors (Lipinski definition) is 2. The van der Waals surface area contributed by atoms with Crippen LogP contribution in [0.5, 0.6) is 11.5 Å². The molecule has 5 aliphatic rings. The first-order chi connectivity index (χ1) is 20.8. The van der Waals surface area contributed by atoms with Gasteiger partial charge in [0.05, 0.1) is 5.41 Å². The number of rotatable bonds is 2. The summed E-state index contributed by atoms with van der Waals surface area (Å²) < 4.78 is 6.57. The molecule has 1 atom stereocenters. The molecule has 0 radical (unpaired) electrons. The molecule has 0 fully saturated rings. The summed E-state index contributed by atoms with van der Waals surface area (Å²) in [6.45, 7) is 0. The van der Waals surface area contributed by atoms with E-state index in [1.807, 2.05) is 0 Å². The Balaban J connectivity index is 1.32. The highest BCUT2D eigenvalue weighted by Crippen LogP contribution is 2.64. The molecule has 42 heavy (non-hydrogen) atoms. The van der Waals surface area contributed by atoms with Crippen LogP contribution < -0.4 is 10.1 Å². The van der Waals surface area contributed by atoms with E-state index in [1.165, 1.54) is 55.8 Å². The predicted molar refractivity (Wildman–Crippen MR) is 172 cm³/mol. The summed E-state index contributed by atoms with van der Waals surface area (Å²) >= 11 is 0. The summed E-state index contributed by atoms with van der Waals surface area (Å²) in [7, 11) is 0. The smallest absolute Gasteiger partial charge is 0.132 e. The molecule has 0 amide bonds. The molecule has 2 nitrogen and oxygen atoms in total. The van der Waals surface area contributed by atoms with Crippen molar-refractivity contribution in [2.75, 3.05) is 5.32 Å². The van der Waals surface area contributed by atoms with E-state index < -0.39 is 5.41 Å². The van der Waals surface area contributed by atoms with Gasteiger partial charge < -0.3 is 10.1 Å². The largest absolute Gasteiger partial charge is 0.457 e. The van der Waals surface area contributed by atoms with Crippen LogP contribution >= 0.6 is 0 Å². The quantitative estimate of drug-likeness (QED) is 0.272. The van der Waals surface area contributed by atoms with Gasteiger partial charge in [-0.1, -0.05) is 96.6 Å². The van der Waals surface area contributed by atoms with Gasteiger partial charge in [0, 0.05) is 28.4 Å². The summed E-state index contributed by atoms with van der Waals surface area (Å²) in [5.74, 6) is 1.91. The maximum absolute atomic E-state index is 6.57. The number of hydrogen-bond donors (Lipinski definition) is 1. The molecule has 4 aromatic rings. The van der Waals surface area contributed by atoms with Gasteiger partial charge >= 0.3 is 0 Å². The molecule has 1 spiro atoms. The van der Waals surface area contributed by atoms with Crippen LogP contribution in [0.15, 0.2) is 126 Å². The maximum atomic E-state index is 6.57. The third-order valence-corrected chi connectivity index (χ3v) is 9.95. The van der Waals surface area contributed by atoms with E-state index in [1.54, 1.807) is 5.57 Å². The average Bonchev–Trinajstić information content (AvgIpc) is 3.21. The van der Waals surface area contributed by atoms with Crippen molar-refractivity contribution in [2.24, 2.45) is 0 Å². The minimum Gasteiger partial charge on any atom is -0.457 e. The van der Waals surface area contributed by atoms with Gasteiger partial charge in [-0.2, -0.15) is 0 Å². The molecule has 0 bridgehead atoms. The molecule has 1 N–H and O–H groups in total. The van der Waals surface area contributed by atoms with Gasteiger partial charge in [0.25, 0.3) is 0 Å². The molecule has 9 rings (SSSR count). The lowest BCUT2D eigenvalue weighted by Crippen LogP contribution is -2.32. The number of fused-ring (bicyclic) bond motifs is 12. The van der Waals surface area contributed by atoms with Gasteiger partial charge in [0.2, 0.25) is 0 Å². The third kappa shape index (κ3) is 3.38. The van der Waals surface area contributed by atoms with E-state index in [0.717, 1.165) is 50.0 Å². The normalized spacial score (nSPS) is 20.2. The zero-order chi connectivity index (χ0) is 27.7. The van der Waals surface area contributed by atoms with Crippen molar-refractivity contribution >= 4 is 11.3 Å². The van der Waals surface area contributed by atoms with Crippen molar-refractivity contribution in [2.45, 2.75) is 50.0 Å². The van der Waals surface area contributed by atoms with Gasteiger partial charge in [-0.05, 0) is 96.2 Å². The second kappa shape index (κ2) is 9.22. The Bertz CT molecular complexity index is 1860. The predicted octanol–water partition coefficient (Wildman–Crippen LogP) is 9.91.